The third kappa shape index (κ3) is 6.54. The van der Waals surface area contributed by atoms with Crippen LogP contribution in [0.5, 0.6) is 5.75 Å². The van der Waals surface area contributed by atoms with Gasteiger partial charge in [-0.05, 0) is 31.0 Å². The lowest BCUT2D eigenvalue weighted by Gasteiger charge is -2.19. The van der Waals surface area contributed by atoms with Gasteiger partial charge in [0.25, 0.3) is 0 Å². The number of hydrogen-bond donors (Lipinski definition) is 3. The Kier molecular flexibility index (Phi) is 7.04. The minimum absolute atomic E-state index is 0.0329. The molecule has 5 nitrogen and oxygen atoms in total. The standard InChI is InChI=1S/C15H23NO4/c1-3-15(19)16-13(10-20-9-11(2)17)8-12-4-6-14(18)7-5-12/h4-7,11,13,17-18H,3,8-10H2,1-2H3,(H,16,19)/t11-,13?/m0/s1. The second kappa shape index (κ2) is 8.55. The molecule has 0 aliphatic carbocycles. The van der Waals surface area contributed by atoms with Gasteiger partial charge in [-0.1, -0.05) is 19.1 Å². The van der Waals surface area contributed by atoms with Crippen LogP contribution in [0.25, 0.3) is 0 Å². The highest BCUT2D eigenvalue weighted by molar-refractivity contribution is 5.75. The molecule has 1 unspecified atom stereocenters. The first-order valence-electron chi connectivity index (χ1n) is 6.84. The van der Waals surface area contributed by atoms with Gasteiger partial charge in [0.2, 0.25) is 5.91 Å². The highest BCUT2D eigenvalue weighted by Crippen LogP contribution is 2.11. The van der Waals surface area contributed by atoms with Gasteiger partial charge < -0.3 is 20.3 Å². The molecule has 1 aromatic rings. The summed E-state index contributed by atoms with van der Waals surface area (Å²) in [7, 11) is 0. The van der Waals surface area contributed by atoms with Crippen LogP contribution >= 0.6 is 0 Å². The first kappa shape index (κ1) is 16.5. The molecular weight excluding hydrogens is 258 g/mol. The highest BCUT2D eigenvalue weighted by Gasteiger charge is 2.13. The quantitative estimate of drug-likeness (QED) is 0.669. The fraction of sp³-hybridized carbons (Fsp3) is 0.533. The number of rotatable bonds is 8. The maximum atomic E-state index is 11.5. The Morgan fingerprint density at radius 2 is 1.95 bits per heavy atom. The van der Waals surface area contributed by atoms with Crippen LogP contribution in [0.15, 0.2) is 24.3 Å². The summed E-state index contributed by atoms with van der Waals surface area (Å²) in [6.07, 6.45) is 0.514. The molecule has 20 heavy (non-hydrogen) atoms. The molecule has 0 spiro atoms. The molecule has 0 bridgehead atoms. The molecule has 0 saturated heterocycles. The third-order valence-corrected chi connectivity index (χ3v) is 2.78. The van der Waals surface area contributed by atoms with E-state index in [9.17, 15) is 15.0 Å². The summed E-state index contributed by atoms with van der Waals surface area (Å²) in [4.78, 5) is 11.5. The molecule has 0 saturated carbocycles. The lowest BCUT2D eigenvalue weighted by molar-refractivity contribution is -0.122. The van der Waals surface area contributed by atoms with Crippen molar-refractivity contribution in [3.8, 4) is 5.75 Å². The van der Waals surface area contributed by atoms with Crippen LogP contribution in [-0.4, -0.2) is 41.5 Å². The lowest BCUT2D eigenvalue weighted by Crippen LogP contribution is -2.40. The molecule has 1 aromatic carbocycles. The molecule has 0 aliphatic heterocycles. The maximum absolute atomic E-state index is 11.5. The molecule has 0 aromatic heterocycles. The van der Waals surface area contributed by atoms with Crippen LogP contribution in [0.2, 0.25) is 0 Å². The molecule has 0 radical (unpaired) electrons. The van der Waals surface area contributed by atoms with E-state index in [1.165, 1.54) is 0 Å². The Bertz CT molecular complexity index is 403. The van der Waals surface area contributed by atoms with Gasteiger partial charge in [0, 0.05) is 6.42 Å². The number of amides is 1. The molecular formula is C15H23NO4. The van der Waals surface area contributed by atoms with E-state index in [0.717, 1.165) is 5.56 Å². The van der Waals surface area contributed by atoms with Gasteiger partial charge in [-0.15, -0.1) is 0 Å². The molecule has 2 atom stereocenters. The molecule has 1 amide bonds. The largest absolute Gasteiger partial charge is 0.508 e. The van der Waals surface area contributed by atoms with Crippen LogP contribution < -0.4 is 5.32 Å². The summed E-state index contributed by atoms with van der Waals surface area (Å²) in [6.45, 7) is 4.04. The van der Waals surface area contributed by atoms with Gasteiger partial charge in [-0.2, -0.15) is 0 Å². The predicted molar refractivity (Wildman–Crippen MR) is 76.5 cm³/mol. The Morgan fingerprint density at radius 1 is 1.30 bits per heavy atom. The van der Waals surface area contributed by atoms with E-state index >= 15 is 0 Å². The summed E-state index contributed by atoms with van der Waals surface area (Å²) in [5.41, 5.74) is 1.00. The van der Waals surface area contributed by atoms with Crippen LogP contribution in [0, 0.1) is 0 Å². The molecule has 1 rings (SSSR count). The third-order valence-electron chi connectivity index (χ3n) is 2.78. The number of aliphatic hydroxyl groups is 1. The number of carbonyl (C=O) groups excluding carboxylic acids is 1. The van der Waals surface area contributed by atoms with Gasteiger partial charge in [0.1, 0.15) is 5.75 Å². The van der Waals surface area contributed by atoms with Crippen molar-refractivity contribution in [2.75, 3.05) is 13.2 Å². The molecule has 0 fully saturated rings. The molecule has 112 valence electrons. The maximum Gasteiger partial charge on any atom is 0.220 e. The van der Waals surface area contributed by atoms with Crippen molar-refractivity contribution in [3.05, 3.63) is 29.8 Å². The van der Waals surface area contributed by atoms with E-state index in [-0.39, 0.29) is 24.3 Å². The van der Waals surface area contributed by atoms with Crippen LogP contribution in [0.4, 0.5) is 0 Å². The Morgan fingerprint density at radius 3 is 2.50 bits per heavy atom. The van der Waals surface area contributed by atoms with Crippen molar-refractivity contribution in [2.24, 2.45) is 0 Å². The van der Waals surface area contributed by atoms with E-state index in [1.807, 2.05) is 12.1 Å². The molecule has 5 heteroatoms. The minimum Gasteiger partial charge on any atom is -0.508 e. The molecule has 3 N–H and O–H groups in total. The second-order valence-electron chi connectivity index (χ2n) is 4.88. The summed E-state index contributed by atoms with van der Waals surface area (Å²) >= 11 is 0. The Balaban J connectivity index is 2.56. The minimum atomic E-state index is -0.522. The number of hydrogen-bond acceptors (Lipinski definition) is 4. The van der Waals surface area contributed by atoms with Gasteiger partial charge in [0.05, 0.1) is 25.4 Å². The van der Waals surface area contributed by atoms with Crippen LogP contribution in [-0.2, 0) is 16.0 Å². The topological polar surface area (TPSA) is 78.8 Å². The van der Waals surface area contributed by atoms with E-state index in [0.29, 0.717) is 19.4 Å². The number of phenols is 1. The first-order chi connectivity index (χ1) is 9.51. The summed E-state index contributed by atoms with van der Waals surface area (Å²) in [5.74, 6) is 0.183. The summed E-state index contributed by atoms with van der Waals surface area (Å²) in [5, 5.41) is 21.3. The number of phenolic OH excluding ortho intramolecular Hbond substituents is 1. The molecule has 0 aliphatic rings. The van der Waals surface area contributed by atoms with Crippen molar-refractivity contribution < 1.29 is 19.7 Å². The van der Waals surface area contributed by atoms with E-state index in [2.05, 4.69) is 5.32 Å². The number of aliphatic hydroxyl groups excluding tert-OH is 1. The lowest BCUT2D eigenvalue weighted by atomic mass is 10.1. The zero-order chi connectivity index (χ0) is 15.0. The fourth-order valence-electron chi connectivity index (χ4n) is 1.78. The normalized spacial score (nSPS) is 13.8. The monoisotopic (exact) mass is 281 g/mol. The second-order valence-corrected chi connectivity index (χ2v) is 4.88. The van der Waals surface area contributed by atoms with Crippen molar-refractivity contribution >= 4 is 5.91 Å². The van der Waals surface area contributed by atoms with E-state index in [4.69, 9.17) is 4.74 Å². The van der Waals surface area contributed by atoms with Gasteiger partial charge in [-0.25, -0.2) is 0 Å². The average Bonchev–Trinajstić information content (AvgIpc) is 2.40. The van der Waals surface area contributed by atoms with Crippen molar-refractivity contribution in [1.29, 1.82) is 0 Å². The zero-order valence-corrected chi connectivity index (χ0v) is 12.0. The Hall–Kier alpha value is -1.59. The van der Waals surface area contributed by atoms with Gasteiger partial charge in [-0.3, -0.25) is 4.79 Å². The fourth-order valence-corrected chi connectivity index (χ4v) is 1.78. The summed E-state index contributed by atoms with van der Waals surface area (Å²) in [6, 6.07) is 6.71. The SMILES string of the molecule is CCC(=O)NC(COC[C@H](C)O)Cc1ccc(O)cc1. The number of ether oxygens (including phenoxy) is 1. The van der Waals surface area contributed by atoms with Gasteiger partial charge >= 0.3 is 0 Å². The first-order valence-corrected chi connectivity index (χ1v) is 6.84. The van der Waals surface area contributed by atoms with Gasteiger partial charge in [0.15, 0.2) is 0 Å². The zero-order valence-electron chi connectivity index (χ0n) is 12.0. The molecule has 0 heterocycles. The number of nitrogens with one attached hydrogen (secondary N) is 1. The van der Waals surface area contributed by atoms with Crippen molar-refractivity contribution in [1.82, 2.24) is 5.32 Å². The predicted octanol–water partition coefficient (Wildman–Crippen LogP) is 1.23. The summed E-state index contributed by atoms with van der Waals surface area (Å²) < 4.78 is 5.38. The average molecular weight is 281 g/mol. The number of aromatic hydroxyl groups is 1. The van der Waals surface area contributed by atoms with Crippen LogP contribution in [0.1, 0.15) is 25.8 Å². The van der Waals surface area contributed by atoms with E-state index in [1.54, 1.807) is 26.0 Å². The van der Waals surface area contributed by atoms with Crippen molar-refractivity contribution in [3.63, 3.8) is 0 Å². The van der Waals surface area contributed by atoms with E-state index < -0.39 is 6.10 Å². The van der Waals surface area contributed by atoms with Crippen molar-refractivity contribution in [2.45, 2.75) is 38.8 Å². The number of carbonyl (C=O) groups is 1. The number of benzene rings is 1. The highest BCUT2D eigenvalue weighted by atomic mass is 16.5. The smallest absolute Gasteiger partial charge is 0.220 e. The van der Waals surface area contributed by atoms with Crippen LogP contribution in [0.3, 0.4) is 0 Å². The Labute approximate surface area is 119 Å².